The van der Waals surface area contributed by atoms with Crippen molar-refractivity contribution in [3.05, 3.63) is 108 Å². The van der Waals surface area contributed by atoms with Gasteiger partial charge in [0.1, 0.15) is 5.75 Å². The minimum atomic E-state index is -0.571. The second kappa shape index (κ2) is 14.1. The minimum Gasteiger partial charge on any atom is -0.453 e. The van der Waals surface area contributed by atoms with Gasteiger partial charge in [-0.25, -0.2) is 4.39 Å². The first-order valence-electron chi connectivity index (χ1n) is 13.4. The first-order valence-corrected chi connectivity index (χ1v) is 14.7. The average molecular weight is 600 g/mol. The van der Waals surface area contributed by atoms with Crippen LogP contribution in [0.5, 0.6) is 11.5 Å². The van der Waals surface area contributed by atoms with E-state index in [1.165, 1.54) is 17.7 Å². The number of benzene rings is 3. The maximum atomic E-state index is 15.1. The molecule has 0 aliphatic carbocycles. The lowest BCUT2D eigenvalue weighted by molar-refractivity contribution is -0.119. The number of carbonyl (C=O) groups is 1. The van der Waals surface area contributed by atoms with Crippen molar-refractivity contribution in [2.45, 2.75) is 13.0 Å². The van der Waals surface area contributed by atoms with Crippen LogP contribution in [0.25, 0.3) is 20.7 Å². The highest BCUT2D eigenvalue weighted by molar-refractivity contribution is 7.80. The van der Waals surface area contributed by atoms with E-state index in [-0.39, 0.29) is 23.2 Å². The monoisotopic (exact) mass is 599 g/mol. The summed E-state index contributed by atoms with van der Waals surface area (Å²) in [7, 11) is 1.93. The second-order valence-electron chi connectivity index (χ2n) is 9.48. The zero-order chi connectivity index (χ0) is 29.3. The normalized spacial score (nSPS) is 10.9. The maximum Gasteiger partial charge on any atom is 0.230 e. The third-order valence-corrected chi connectivity index (χ3v) is 7.77. The Balaban J connectivity index is 1.27. The fraction of sp³-hybridized carbons (Fsp3) is 0.156. The number of thiophene rings is 1. The number of nitrogens with one attached hydrogen (secondary N) is 4. The molecule has 2 heterocycles. The summed E-state index contributed by atoms with van der Waals surface area (Å²) in [5, 5.41) is 12.2. The number of rotatable bonds is 11. The molecular formula is C32H30FN5O2S2. The van der Waals surface area contributed by atoms with E-state index in [2.05, 4.69) is 38.4 Å². The lowest BCUT2D eigenvalue weighted by Crippen LogP contribution is -2.35. The van der Waals surface area contributed by atoms with E-state index < -0.39 is 5.82 Å². The maximum absolute atomic E-state index is 15.1. The number of carbonyl (C=O) groups excluding carboxylic acids is 1. The fourth-order valence-electron chi connectivity index (χ4n) is 4.37. The van der Waals surface area contributed by atoms with Crippen molar-refractivity contribution < 1.29 is 13.9 Å². The van der Waals surface area contributed by atoms with Crippen LogP contribution in [0.2, 0.25) is 0 Å². The Morgan fingerprint density at radius 1 is 0.976 bits per heavy atom. The fourth-order valence-corrected chi connectivity index (χ4v) is 5.73. The largest absolute Gasteiger partial charge is 0.453 e. The number of hydrogen-bond acceptors (Lipinski definition) is 7. The van der Waals surface area contributed by atoms with E-state index in [0.29, 0.717) is 11.4 Å². The molecule has 0 atom stereocenters. The third-order valence-electron chi connectivity index (χ3n) is 6.40. The zero-order valence-corrected chi connectivity index (χ0v) is 24.6. The van der Waals surface area contributed by atoms with Crippen molar-refractivity contribution in [3.8, 4) is 21.9 Å². The Labute approximate surface area is 253 Å². The zero-order valence-electron chi connectivity index (χ0n) is 22.9. The standard InChI is InChI=1S/C32H30FN5O2S2/c1-34-15-16-35-20-22-9-5-6-10-24(22)29-19-26-31(42-29)28(13-14-36-26)40-27-12-11-23(18-25(27)33)37-32(41)38-30(39)17-21-7-3-2-4-8-21/h2-14,18-19,34-35H,15-17,20H2,1H3,(H2,37,38,39,41). The molecule has 5 aromatic rings. The van der Waals surface area contributed by atoms with E-state index >= 15 is 4.39 Å². The summed E-state index contributed by atoms with van der Waals surface area (Å²) >= 11 is 6.80. The van der Waals surface area contributed by atoms with Crippen LogP contribution in [-0.4, -0.2) is 36.1 Å². The van der Waals surface area contributed by atoms with Crippen LogP contribution >= 0.6 is 23.6 Å². The number of halogens is 1. The number of likely N-dealkylation sites (N-methyl/N-ethyl adjacent to an activating group) is 1. The van der Waals surface area contributed by atoms with Crippen molar-refractivity contribution in [3.63, 3.8) is 0 Å². The Kier molecular flexibility index (Phi) is 9.83. The summed E-state index contributed by atoms with van der Waals surface area (Å²) < 4.78 is 22.0. The first kappa shape index (κ1) is 29.3. The Morgan fingerprint density at radius 3 is 2.60 bits per heavy atom. The lowest BCUT2D eigenvalue weighted by atomic mass is 10.1. The van der Waals surface area contributed by atoms with Gasteiger partial charge in [-0.15, -0.1) is 11.3 Å². The quantitative estimate of drug-likeness (QED) is 0.105. The van der Waals surface area contributed by atoms with Gasteiger partial charge in [0, 0.05) is 48.5 Å². The van der Waals surface area contributed by atoms with E-state index in [1.807, 2.05) is 55.6 Å². The molecule has 7 nitrogen and oxygen atoms in total. The van der Waals surface area contributed by atoms with Crippen LogP contribution in [0.15, 0.2) is 91.1 Å². The summed E-state index contributed by atoms with van der Waals surface area (Å²) in [5.74, 6) is -0.248. The number of ether oxygens (including phenoxy) is 1. The van der Waals surface area contributed by atoms with Crippen molar-refractivity contribution in [1.29, 1.82) is 0 Å². The number of fused-ring (bicyclic) bond motifs is 1. The van der Waals surface area contributed by atoms with Gasteiger partial charge in [-0.2, -0.15) is 0 Å². The first-order chi connectivity index (χ1) is 20.5. The average Bonchev–Trinajstić information content (AvgIpc) is 3.42. The highest BCUT2D eigenvalue weighted by Crippen LogP contribution is 2.40. The Morgan fingerprint density at radius 2 is 1.79 bits per heavy atom. The molecule has 10 heteroatoms. The van der Waals surface area contributed by atoms with Gasteiger partial charge >= 0.3 is 0 Å². The number of nitrogens with zero attached hydrogens (tertiary/aromatic N) is 1. The molecule has 5 rings (SSSR count). The van der Waals surface area contributed by atoms with Gasteiger partial charge in [0.05, 0.1) is 16.6 Å². The molecule has 0 unspecified atom stereocenters. The number of amides is 1. The number of aromatic nitrogens is 1. The minimum absolute atomic E-state index is 0.0659. The summed E-state index contributed by atoms with van der Waals surface area (Å²) in [6, 6.07) is 25.8. The lowest BCUT2D eigenvalue weighted by Gasteiger charge is -2.12. The van der Waals surface area contributed by atoms with Crippen LogP contribution < -0.4 is 26.0 Å². The molecular weight excluding hydrogens is 570 g/mol. The predicted molar refractivity (Wildman–Crippen MR) is 172 cm³/mol. The Hall–Kier alpha value is -4.22. The molecule has 0 saturated heterocycles. The van der Waals surface area contributed by atoms with Gasteiger partial charge in [0.2, 0.25) is 5.91 Å². The number of anilines is 1. The van der Waals surface area contributed by atoms with Gasteiger partial charge in [-0.05, 0) is 54.2 Å². The van der Waals surface area contributed by atoms with E-state index in [9.17, 15) is 4.79 Å². The number of hydrogen-bond donors (Lipinski definition) is 4. The molecule has 3 aromatic carbocycles. The van der Waals surface area contributed by atoms with Gasteiger partial charge < -0.3 is 26.0 Å². The molecule has 0 radical (unpaired) electrons. The van der Waals surface area contributed by atoms with Crippen LogP contribution in [0.3, 0.4) is 0 Å². The molecule has 0 saturated carbocycles. The van der Waals surface area contributed by atoms with Crippen LogP contribution in [0.4, 0.5) is 10.1 Å². The third kappa shape index (κ3) is 7.54. The molecule has 2 aromatic heterocycles. The molecule has 214 valence electrons. The van der Waals surface area contributed by atoms with E-state index in [4.69, 9.17) is 17.0 Å². The van der Waals surface area contributed by atoms with E-state index in [1.54, 1.807) is 29.7 Å². The number of thiocarbonyl (C=S) groups is 1. The van der Waals surface area contributed by atoms with Crippen LogP contribution in [0, 0.1) is 5.82 Å². The molecule has 0 aliphatic rings. The summed E-state index contributed by atoms with van der Waals surface area (Å²) in [5.41, 5.74) is 4.35. The summed E-state index contributed by atoms with van der Waals surface area (Å²) in [6.07, 6.45) is 1.84. The molecule has 0 spiro atoms. The van der Waals surface area contributed by atoms with Crippen molar-refractivity contribution in [2.24, 2.45) is 0 Å². The smallest absolute Gasteiger partial charge is 0.230 e. The van der Waals surface area contributed by atoms with Crippen LogP contribution in [0.1, 0.15) is 11.1 Å². The van der Waals surface area contributed by atoms with E-state index in [0.717, 1.165) is 45.9 Å². The highest BCUT2D eigenvalue weighted by Gasteiger charge is 2.15. The molecule has 1 amide bonds. The molecule has 0 aliphatic heterocycles. The molecule has 0 bridgehead atoms. The second-order valence-corrected chi connectivity index (χ2v) is 10.9. The van der Waals surface area contributed by atoms with Crippen LogP contribution in [-0.2, 0) is 17.8 Å². The summed E-state index contributed by atoms with van der Waals surface area (Å²) in [6.45, 7) is 2.50. The van der Waals surface area contributed by atoms with Crippen molar-refractivity contribution in [2.75, 3.05) is 25.5 Å². The molecule has 42 heavy (non-hydrogen) atoms. The molecule has 0 fully saturated rings. The van der Waals surface area contributed by atoms with Gasteiger partial charge in [0.25, 0.3) is 0 Å². The van der Waals surface area contributed by atoms with Crippen molar-refractivity contribution in [1.82, 2.24) is 20.9 Å². The molecule has 4 N–H and O–H groups in total. The topological polar surface area (TPSA) is 87.3 Å². The van der Waals surface area contributed by atoms with Gasteiger partial charge in [-0.1, -0.05) is 54.6 Å². The Bertz CT molecular complexity index is 1690. The predicted octanol–water partition coefficient (Wildman–Crippen LogP) is 6.26. The van der Waals surface area contributed by atoms with Crippen molar-refractivity contribution >= 4 is 50.5 Å². The summed E-state index contributed by atoms with van der Waals surface area (Å²) in [4.78, 5) is 17.9. The SMILES string of the molecule is CNCCNCc1ccccc1-c1cc2nccc(Oc3ccc(NC(=S)NC(=O)Cc4ccccc4)cc3F)c2s1. The van der Waals surface area contributed by atoms with Gasteiger partial charge in [-0.3, -0.25) is 9.78 Å². The highest BCUT2D eigenvalue weighted by atomic mass is 32.1. The number of pyridine rings is 1. The van der Waals surface area contributed by atoms with Gasteiger partial charge in [0.15, 0.2) is 16.7 Å².